The van der Waals surface area contributed by atoms with Crippen molar-refractivity contribution in [2.24, 2.45) is 33.5 Å². The average Bonchev–Trinajstić information content (AvgIpc) is 3.36. The molecule has 13 heteroatoms. The quantitative estimate of drug-likeness (QED) is 0.0242. The first-order chi connectivity index (χ1) is 31.8. The second-order valence-electron chi connectivity index (χ2n) is 16.5. The van der Waals surface area contributed by atoms with Gasteiger partial charge in [0.15, 0.2) is 11.5 Å². The highest BCUT2D eigenvalue weighted by Gasteiger charge is 2.20. The minimum Gasteiger partial charge on any atom is -0.494 e. The Morgan fingerprint density at radius 1 is 0.615 bits per heavy atom. The molecule has 2 aliphatic rings. The average molecular weight is 885 g/mol. The van der Waals surface area contributed by atoms with Crippen molar-refractivity contribution in [3.8, 4) is 29.1 Å². The lowest BCUT2D eigenvalue weighted by molar-refractivity contribution is 0.161. The second-order valence-corrected chi connectivity index (χ2v) is 16.5. The second kappa shape index (κ2) is 28.5. The number of amidine groups is 2. The zero-order chi connectivity index (χ0) is 45.9. The number of ether oxygens (including phenoxy) is 4. The molecule has 4 aromatic rings. The Kier molecular flexibility index (Phi) is 21.8. The number of benzene rings is 4. The van der Waals surface area contributed by atoms with E-state index in [9.17, 15) is 0 Å². The highest BCUT2D eigenvalue weighted by atomic mass is 16.6. The molecule has 0 bridgehead atoms. The van der Waals surface area contributed by atoms with Crippen LogP contribution in [0.15, 0.2) is 107 Å². The van der Waals surface area contributed by atoms with Gasteiger partial charge in [-0.1, -0.05) is 17.3 Å². The van der Waals surface area contributed by atoms with Crippen LogP contribution >= 0.6 is 0 Å². The van der Waals surface area contributed by atoms with Crippen LogP contribution in [0.4, 0.5) is 5.69 Å². The predicted molar refractivity (Wildman–Crippen MR) is 259 cm³/mol. The summed E-state index contributed by atoms with van der Waals surface area (Å²) in [5, 5.41) is 12.6. The maximum atomic E-state index is 8.82. The molecule has 0 radical (unpaired) electrons. The van der Waals surface area contributed by atoms with E-state index >= 15 is 0 Å². The van der Waals surface area contributed by atoms with Crippen LogP contribution < -0.4 is 30.4 Å². The van der Waals surface area contributed by atoms with E-state index in [1.807, 2.05) is 72.8 Å². The first-order valence-electron chi connectivity index (χ1n) is 23.1. The molecule has 0 saturated carbocycles. The van der Waals surface area contributed by atoms with Gasteiger partial charge in [0.05, 0.1) is 44.6 Å². The summed E-state index contributed by atoms with van der Waals surface area (Å²) in [6, 6.07) is 32.2. The van der Waals surface area contributed by atoms with Crippen molar-refractivity contribution in [3.63, 3.8) is 0 Å². The normalized spacial score (nSPS) is 15.2. The number of nitriles is 1. The number of hydrogen-bond donors (Lipinski definition) is 2. The van der Waals surface area contributed by atoms with Gasteiger partial charge in [-0.3, -0.25) is 4.99 Å². The number of aliphatic imine (C=N–C) groups is 1. The number of oxime groups is 1. The monoisotopic (exact) mass is 885 g/mol. The summed E-state index contributed by atoms with van der Waals surface area (Å²) in [6.07, 6.45) is 11.7. The van der Waals surface area contributed by atoms with Gasteiger partial charge >= 0.3 is 0 Å². The summed E-state index contributed by atoms with van der Waals surface area (Å²) >= 11 is 0. The van der Waals surface area contributed by atoms with Crippen LogP contribution in [0.1, 0.15) is 80.9 Å². The number of rotatable bonds is 23. The zero-order valence-corrected chi connectivity index (χ0v) is 38.4. The van der Waals surface area contributed by atoms with E-state index < -0.39 is 0 Å². The summed E-state index contributed by atoms with van der Waals surface area (Å²) in [5.74, 6) is 5.89. The van der Waals surface area contributed by atoms with E-state index in [4.69, 9.17) is 47.1 Å². The molecule has 0 amide bonds. The smallest absolute Gasteiger partial charge is 0.187 e. The molecular weight excluding hydrogens is 817 g/mol. The van der Waals surface area contributed by atoms with E-state index in [0.717, 1.165) is 97.9 Å². The molecule has 6 rings (SSSR count). The van der Waals surface area contributed by atoms with Crippen LogP contribution in [0.25, 0.3) is 4.85 Å². The fourth-order valence-corrected chi connectivity index (χ4v) is 8.04. The highest BCUT2D eigenvalue weighted by Crippen LogP contribution is 2.25. The first-order valence-corrected chi connectivity index (χ1v) is 23.1. The van der Waals surface area contributed by atoms with E-state index in [-0.39, 0.29) is 0 Å². The largest absolute Gasteiger partial charge is 0.494 e. The molecule has 0 unspecified atom stereocenters. The zero-order valence-electron chi connectivity index (χ0n) is 38.4. The van der Waals surface area contributed by atoms with Crippen LogP contribution in [-0.2, 0) is 4.84 Å². The molecule has 2 heterocycles. The Labute approximate surface area is 386 Å². The van der Waals surface area contributed by atoms with Crippen molar-refractivity contribution in [2.45, 2.75) is 64.2 Å². The Balaban J connectivity index is 0.000000247. The summed E-state index contributed by atoms with van der Waals surface area (Å²) in [6.45, 7) is 16.7. The van der Waals surface area contributed by atoms with Gasteiger partial charge in [0.1, 0.15) is 35.9 Å². The van der Waals surface area contributed by atoms with Gasteiger partial charge < -0.3 is 45.1 Å². The minimum absolute atomic E-state index is 0.355. The SMILES string of the molecule is CN=C(N)c1ccc(OCCCC2CCN(CCCOc3ccc(/C(N)=N/OC)cc3)CC2)cc1.[C-]#[N+]c1ccc(OCCCN2CCC(CCCOc3ccc(C#N)cc3)CC2)cc1. The molecule has 4 aromatic carbocycles. The number of nitrogens with two attached hydrogens (primary N) is 2. The van der Waals surface area contributed by atoms with E-state index in [1.54, 1.807) is 31.3 Å². The topological polar surface area (TPSA) is 158 Å². The molecule has 0 aliphatic carbocycles. The molecule has 2 aliphatic heterocycles. The number of likely N-dealkylation sites (tertiary alicyclic amines) is 2. The Hall–Kier alpha value is -6.28. The van der Waals surface area contributed by atoms with Gasteiger partial charge in [0.2, 0.25) is 0 Å². The number of hydrogen-bond acceptors (Lipinski definition) is 10. The predicted octanol–water partition coefficient (Wildman–Crippen LogP) is 9.08. The van der Waals surface area contributed by atoms with Gasteiger partial charge in [-0.05, 0) is 187 Å². The fraction of sp³-hybridized carbons (Fsp3) is 0.462. The van der Waals surface area contributed by atoms with Gasteiger partial charge in [-0.25, -0.2) is 4.85 Å². The van der Waals surface area contributed by atoms with Gasteiger partial charge in [-0.2, -0.15) is 5.26 Å². The lowest BCUT2D eigenvalue weighted by atomic mass is 9.92. The summed E-state index contributed by atoms with van der Waals surface area (Å²) < 4.78 is 23.3. The third-order valence-corrected chi connectivity index (χ3v) is 11.9. The Bertz CT molecular complexity index is 2010. The van der Waals surface area contributed by atoms with Crippen molar-refractivity contribution in [1.82, 2.24) is 9.80 Å². The molecule has 2 saturated heterocycles. The maximum Gasteiger partial charge on any atom is 0.187 e. The molecule has 0 atom stereocenters. The Morgan fingerprint density at radius 2 is 1.00 bits per heavy atom. The van der Waals surface area contributed by atoms with Crippen LogP contribution in [-0.4, -0.2) is 101 Å². The summed E-state index contributed by atoms with van der Waals surface area (Å²) in [4.78, 5) is 17.2. The van der Waals surface area contributed by atoms with E-state index in [2.05, 4.69) is 30.9 Å². The fourth-order valence-electron chi connectivity index (χ4n) is 8.04. The number of nitrogens with zero attached hydrogens (tertiary/aromatic N) is 6. The van der Waals surface area contributed by atoms with Crippen molar-refractivity contribution >= 4 is 17.4 Å². The molecular formula is C52H68N8O5. The Morgan fingerprint density at radius 3 is 1.38 bits per heavy atom. The molecule has 4 N–H and O–H groups in total. The van der Waals surface area contributed by atoms with Crippen LogP contribution in [0.2, 0.25) is 0 Å². The number of piperidine rings is 2. The standard InChI is InChI=1S/C27H39N5O3.C25H29N3O2/c1-30-26(28)22-6-10-24(11-7-22)34-19-3-5-21-14-17-32(18-15-21)16-4-20-35-25-12-8-23(9-13-25)27(29)31-33-2;1-27-23-7-11-25(12-8-23)30-19-3-15-28-16-13-21(14-17-28)4-2-18-29-24-9-5-22(20-26)6-10-24/h6-13,21H,3-5,14-20H2,1-2H3,(H2,28,30)(H2,29,31);5-12,21H,2-4,13-19H2. The molecule has 346 valence electrons. The van der Waals surface area contributed by atoms with Crippen molar-refractivity contribution in [1.29, 1.82) is 5.26 Å². The van der Waals surface area contributed by atoms with Crippen molar-refractivity contribution < 1.29 is 23.8 Å². The third-order valence-electron chi connectivity index (χ3n) is 11.9. The van der Waals surface area contributed by atoms with E-state index in [1.165, 1.54) is 71.8 Å². The lowest BCUT2D eigenvalue weighted by Crippen LogP contribution is -2.35. The van der Waals surface area contributed by atoms with Crippen LogP contribution in [0, 0.1) is 29.7 Å². The van der Waals surface area contributed by atoms with Crippen molar-refractivity contribution in [3.05, 3.63) is 125 Å². The third kappa shape index (κ3) is 18.4. The summed E-state index contributed by atoms with van der Waals surface area (Å²) in [7, 11) is 3.17. The van der Waals surface area contributed by atoms with Crippen molar-refractivity contribution in [2.75, 3.05) is 79.9 Å². The van der Waals surface area contributed by atoms with Gasteiger partial charge in [-0.15, -0.1) is 0 Å². The maximum absolute atomic E-state index is 8.82. The lowest BCUT2D eigenvalue weighted by Gasteiger charge is -2.32. The molecule has 65 heavy (non-hydrogen) atoms. The molecule has 0 aromatic heterocycles. The minimum atomic E-state index is 0.355. The summed E-state index contributed by atoms with van der Waals surface area (Å²) in [5.41, 5.74) is 14.7. The highest BCUT2D eigenvalue weighted by molar-refractivity contribution is 5.97. The molecule has 13 nitrogen and oxygen atoms in total. The van der Waals surface area contributed by atoms with E-state index in [0.29, 0.717) is 36.1 Å². The van der Waals surface area contributed by atoms with Gasteiger partial charge in [0, 0.05) is 31.3 Å². The first kappa shape index (κ1) is 49.7. The van der Waals surface area contributed by atoms with Crippen LogP contribution in [0.3, 0.4) is 0 Å². The van der Waals surface area contributed by atoms with Crippen LogP contribution in [0.5, 0.6) is 23.0 Å². The van der Waals surface area contributed by atoms with Gasteiger partial charge in [0.25, 0.3) is 0 Å². The molecule has 2 fully saturated rings. The molecule has 0 spiro atoms.